The number of halogens is 1. The highest BCUT2D eigenvalue weighted by Crippen LogP contribution is 2.20. The number of hydrogen-bond acceptors (Lipinski definition) is 4. The van der Waals surface area contributed by atoms with Crippen molar-refractivity contribution >= 4 is 17.5 Å². The topological polar surface area (TPSA) is 86.5 Å². The molecule has 1 aliphatic rings. The molecule has 1 fully saturated rings. The first-order valence-corrected chi connectivity index (χ1v) is 7.71. The lowest BCUT2D eigenvalue weighted by atomic mass is 9.97. The highest BCUT2D eigenvalue weighted by molar-refractivity contribution is 6.30. The number of amides is 1. The number of nitrogens with one attached hydrogen (secondary N) is 1. The van der Waals surface area contributed by atoms with Gasteiger partial charge in [0.25, 0.3) is 5.89 Å². The zero-order chi connectivity index (χ0) is 15.5. The quantitative estimate of drug-likeness (QED) is 0.866. The molecule has 3 rings (SSSR count). The van der Waals surface area contributed by atoms with Crippen molar-refractivity contribution in [2.75, 3.05) is 13.1 Å². The fourth-order valence-electron chi connectivity index (χ4n) is 2.80. The van der Waals surface area contributed by atoms with Crippen molar-refractivity contribution in [1.29, 1.82) is 0 Å². The summed E-state index contributed by atoms with van der Waals surface area (Å²) in [5.74, 6) is 0.784. The summed E-state index contributed by atoms with van der Waals surface area (Å²) in [6.45, 7) is 2.33. The number of carbonyl (C=O) groups is 1. The molecule has 6 nitrogen and oxygen atoms in total. The van der Waals surface area contributed by atoms with E-state index in [1.807, 2.05) is 12.1 Å². The molecule has 3 N–H and O–H groups in total. The van der Waals surface area contributed by atoms with E-state index in [2.05, 4.69) is 10.2 Å². The Morgan fingerprint density at radius 2 is 2.14 bits per heavy atom. The van der Waals surface area contributed by atoms with Gasteiger partial charge in [0, 0.05) is 10.6 Å². The van der Waals surface area contributed by atoms with E-state index >= 15 is 0 Å². The minimum atomic E-state index is -0.218. The Hall–Kier alpha value is -1.92. The third-order valence-electron chi connectivity index (χ3n) is 3.98. The number of carbonyl (C=O) groups excluding carboxylic acids is 1. The molecule has 1 aliphatic heterocycles. The standard InChI is InChI=1S/C15H17ClN4O2/c16-12-5-3-10(4-6-12)15-19-18-13(22-15)9-20-7-1-2-11(8-20)14(17)21/h3-6,11H,1-2,7-9H2,(H2,17,21)/p+1/t11-/m0/s1. The minimum Gasteiger partial charge on any atom is -0.415 e. The minimum absolute atomic E-state index is 0.0533. The highest BCUT2D eigenvalue weighted by Gasteiger charge is 2.28. The fraction of sp³-hybridized carbons (Fsp3) is 0.400. The van der Waals surface area contributed by atoms with Gasteiger partial charge < -0.3 is 15.1 Å². The number of quaternary nitrogens is 1. The van der Waals surface area contributed by atoms with Gasteiger partial charge in [-0.25, -0.2) is 0 Å². The van der Waals surface area contributed by atoms with Crippen LogP contribution < -0.4 is 10.6 Å². The summed E-state index contributed by atoms with van der Waals surface area (Å²) in [7, 11) is 0. The van der Waals surface area contributed by atoms with Crippen LogP contribution in [0.1, 0.15) is 18.7 Å². The number of aromatic nitrogens is 2. The predicted molar refractivity (Wildman–Crippen MR) is 81.1 cm³/mol. The van der Waals surface area contributed by atoms with E-state index in [9.17, 15) is 4.79 Å². The first kappa shape index (κ1) is 15.0. The molecule has 2 aromatic rings. The van der Waals surface area contributed by atoms with Crippen LogP contribution in [0.15, 0.2) is 28.7 Å². The van der Waals surface area contributed by atoms with Gasteiger partial charge in [-0.15, -0.1) is 10.2 Å². The molecule has 0 radical (unpaired) electrons. The third-order valence-corrected chi connectivity index (χ3v) is 4.23. The molecule has 1 amide bonds. The average molecular weight is 322 g/mol. The number of primary amides is 1. The van der Waals surface area contributed by atoms with Crippen LogP contribution in [0, 0.1) is 5.92 Å². The Morgan fingerprint density at radius 1 is 1.36 bits per heavy atom. The number of hydrogen-bond donors (Lipinski definition) is 2. The second-order valence-corrected chi connectivity index (χ2v) is 6.07. The Balaban J connectivity index is 1.66. The Labute approximate surface area is 133 Å². The van der Waals surface area contributed by atoms with Crippen molar-refractivity contribution in [2.45, 2.75) is 19.4 Å². The van der Waals surface area contributed by atoms with Crippen LogP contribution in [-0.2, 0) is 11.3 Å². The van der Waals surface area contributed by atoms with Crippen molar-refractivity contribution in [3.63, 3.8) is 0 Å². The molecule has 1 aromatic heterocycles. The summed E-state index contributed by atoms with van der Waals surface area (Å²) in [4.78, 5) is 12.6. The summed E-state index contributed by atoms with van der Waals surface area (Å²) >= 11 is 5.86. The average Bonchev–Trinajstić information content (AvgIpc) is 2.96. The van der Waals surface area contributed by atoms with E-state index < -0.39 is 0 Å². The molecule has 0 bridgehead atoms. The molecule has 22 heavy (non-hydrogen) atoms. The van der Waals surface area contributed by atoms with E-state index in [1.165, 1.54) is 4.90 Å². The van der Waals surface area contributed by atoms with Gasteiger partial charge in [-0.05, 0) is 37.1 Å². The molecule has 0 saturated carbocycles. The molecular formula is C15H18ClN4O2+. The van der Waals surface area contributed by atoms with E-state index in [0.717, 1.165) is 31.5 Å². The smallest absolute Gasteiger partial charge is 0.271 e. The largest absolute Gasteiger partial charge is 0.415 e. The fourth-order valence-corrected chi connectivity index (χ4v) is 2.93. The molecule has 1 unspecified atom stereocenters. The SMILES string of the molecule is NC(=O)[C@H]1CCC[NH+](Cc2nnc(-c3ccc(Cl)cc3)o2)C1. The lowest BCUT2D eigenvalue weighted by Gasteiger charge is -2.26. The van der Waals surface area contributed by atoms with Crippen LogP contribution in [0.5, 0.6) is 0 Å². The van der Waals surface area contributed by atoms with Crippen molar-refractivity contribution in [3.8, 4) is 11.5 Å². The number of piperidine rings is 1. The summed E-state index contributed by atoms with van der Waals surface area (Å²) in [5.41, 5.74) is 6.24. The normalized spacial score (nSPS) is 21.7. The molecule has 0 aliphatic carbocycles. The van der Waals surface area contributed by atoms with Crippen molar-refractivity contribution < 1.29 is 14.1 Å². The van der Waals surface area contributed by atoms with Crippen LogP contribution in [0.25, 0.3) is 11.5 Å². The summed E-state index contributed by atoms with van der Waals surface area (Å²) < 4.78 is 5.71. The molecule has 1 aromatic carbocycles. The van der Waals surface area contributed by atoms with Gasteiger partial charge in [0.2, 0.25) is 11.8 Å². The number of nitrogens with zero attached hydrogens (tertiary/aromatic N) is 2. The number of benzene rings is 1. The molecule has 7 heteroatoms. The summed E-state index contributed by atoms with van der Waals surface area (Å²) in [6, 6.07) is 7.26. The first-order chi connectivity index (χ1) is 10.6. The van der Waals surface area contributed by atoms with Gasteiger partial charge in [0.15, 0.2) is 6.54 Å². The lowest BCUT2D eigenvalue weighted by molar-refractivity contribution is -0.922. The van der Waals surface area contributed by atoms with Gasteiger partial charge in [-0.2, -0.15) is 0 Å². The highest BCUT2D eigenvalue weighted by atomic mass is 35.5. The van der Waals surface area contributed by atoms with Gasteiger partial charge in [0.1, 0.15) is 0 Å². The summed E-state index contributed by atoms with van der Waals surface area (Å²) in [5, 5.41) is 8.83. The maximum absolute atomic E-state index is 11.3. The molecular weight excluding hydrogens is 304 g/mol. The predicted octanol–water partition coefficient (Wildman–Crippen LogP) is 0.670. The van der Waals surface area contributed by atoms with Crippen LogP contribution in [0.2, 0.25) is 5.02 Å². The molecule has 0 spiro atoms. The Morgan fingerprint density at radius 3 is 2.86 bits per heavy atom. The van der Waals surface area contributed by atoms with Crippen molar-refractivity contribution in [2.24, 2.45) is 11.7 Å². The Kier molecular flexibility index (Phi) is 4.40. The van der Waals surface area contributed by atoms with Crippen molar-refractivity contribution in [1.82, 2.24) is 10.2 Å². The lowest BCUT2D eigenvalue weighted by Crippen LogP contribution is -3.12. The van der Waals surface area contributed by atoms with Gasteiger partial charge >= 0.3 is 0 Å². The molecule has 116 valence electrons. The van der Waals surface area contributed by atoms with E-state index in [1.54, 1.807) is 12.1 Å². The first-order valence-electron chi connectivity index (χ1n) is 7.33. The molecule has 2 heterocycles. The Bertz CT molecular complexity index is 656. The molecule has 2 atom stereocenters. The van der Waals surface area contributed by atoms with E-state index in [4.69, 9.17) is 21.8 Å². The number of likely N-dealkylation sites (tertiary alicyclic amines) is 1. The number of rotatable bonds is 4. The van der Waals surface area contributed by atoms with E-state index in [-0.39, 0.29) is 11.8 Å². The maximum atomic E-state index is 11.3. The molecule has 1 saturated heterocycles. The third kappa shape index (κ3) is 3.45. The second kappa shape index (κ2) is 6.46. The van der Waals surface area contributed by atoms with Gasteiger partial charge in [0.05, 0.1) is 19.0 Å². The van der Waals surface area contributed by atoms with Crippen LogP contribution in [0.3, 0.4) is 0 Å². The van der Waals surface area contributed by atoms with Crippen LogP contribution in [-0.4, -0.2) is 29.2 Å². The zero-order valence-corrected chi connectivity index (χ0v) is 12.8. The summed E-state index contributed by atoms with van der Waals surface area (Å²) in [6.07, 6.45) is 1.86. The monoisotopic (exact) mass is 321 g/mol. The van der Waals surface area contributed by atoms with Gasteiger partial charge in [-0.1, -0.05) is 11.6 Å². The van der Waals surface area contributed by atoms with Crippen molar-refractivity contribution in [3.05, 3.63) is 35.2 Å². The van der Waals surface area contributed by atoms with E-state index in [0.29, 0.717) is 23.3 Å². The number of nitrogens with two attached hydrogens (primary N) is 1. The second-order valence-electron chi connectivity index (χ2n) is 5.63. The van der Waals surface area contributed by atoms with Gasteiger partial charge in [-0.3, -0.25) is 4.79 Å². The maximum Gasteiger partial charge on any atom is 0.271 e. The van der Waals surface area contributed by atoms with Crippen LogP contribution >= 0.6 is 11.6 Å². The zero-order valence-electron chi connectivity index (χ0n) is 12.1. The van der Waals surface area contributed by atoms with Crippen LogP contribution in [0.4, 0.5) is 0 Å².